The molecule has 104 valence electrons. The van der Waals surface area contributed by atoms with Crippen LogP contribution in [0.5, 0.6) is 0 Å². The molecule has 19 heavy (non-hydrogen) atoms. The SMILES string of the molecule is CCc1ccc(C(C(=O)O)N2CCCC(C)C2)cc1. The topological polar surface area (TPSA) is 40.5 Å². The second-order valence-corrected chi connectivity index (χ2v) is 5.58. The first-order valence-electron chi connectivity index (χ1n) is 7.17. The highest BCUT2D eigenvalue weighted by atomic mass is 16.4. The average molecular weight is 261 g/mol. The molecule has 1 aromatic rings. The minimum absolute atomic E-state index is 0.492. The summed E-state index contributed by atoms with van der Waals surface area (Å²) in [6.45, 7) is 6.07. The molecule has 0 spiro atoms. The Hall–Kier alpha value is -1.35. The van der Waals surface area contributed by atoms with Gasteiger partial charge in [-0.15, -0.1) is 0 Å². The number of rotatable bonds is 4. The number of aryl methyl sites for hydroxylation is 1. The van der Waals surface area contributed by atoms with E-state index in [1.807, 2.05) is 24.3 Å². The van der Waals surface area contributed by atoms with Crippen molar-refractivity contribution in [1.82, 2.24) is 4.90 Å². The van der Waals surface area contributed by atoms with Crippen molar-refractivity contribution in [2.75, 3.05) is 13.1 Å². The van der Waals surface area contributed by atoms with E-state index in [1.54, 1.807) is 0 Å². The molecule has 1 N–H and O–H groups in total. The molecule has 0 amide bonds. The fourth-order valence-corrected chi connectivity index (χ4v) is 2.91. The molecule has 3 nitrogen and oxygen atoms in total. The molecule has 1 aromatic carbocycles. The van der Waals surface area contributed by atoms with Crippen molar-refractivity contribution in [3.63, 3.8) is 0 Å². The van der Waals surface area contributed by atoms with E-state index in [4.69, 9.17) is 0 Å². The lowest BCUT2D eigenvalue weighted by Crippen LogP contribution is -2.40. The number of piperidine rings is 1. The monoisotopic (exact) mass is 261 g/mol. The van der Waals surface area contributed by atoms with E-state index in [0.29, 0.717) is 5.92 Å². The molecule has 2 rings (SSSR count). The van der Waals surface area contributed by atoms with Gasteiger partial charge >= 0.3 is 5.97 Å². The van der Waals surface area contributed by atoms with Gasteiger partial charge in [-0.25, -0.2) is 0 Å². The first-order chi connectivity index (χ1) is 9.11. The van der Waals surface area contributed by atoms with Crippen LogP contribution in [0.25, 0.3) is 0 Å². The fourth-order valence-electron chi connectivity index (χ4n) is 2.91. The maximum Gasteiger partial charge on any atom is 0.325 e. The first-order valence-corrected chi connectivity index (χ1v) is 7.17. The van der Waals surface area contributed by atoms with Crippen molar-refractivity contribution in [3.05, 3.63) is 35.4 Å². The second kappa shape index (κ2) is 6.20. The predicted octanol–water partition coefficient (Wildman–Crippen LogP) is 3.11. The van der Waals surface area contributed by atoms with Crippen molar-refractivity contribution < 1.29 is 9.90 Å². The van der Waals surface area contributed by atoms with Crippen LogP contribution in [0.3, 0.4) is 0 Å². The van der Waals surface area contributed by atoms with Crippen LogP contribution in [0.4, 0.5) is 0 Å². The number of carboxylic acids is 1. The van der Waals surface area contributed by atoms with Gasteiger partial charge in [0.2, 0.25) is 0 Å². The van der Waals surface area contributed by atoms with Gasteiger partial charge in [-0.1, -0.05) is 38.1 Å². The average Bonchev–Trinajstić information content (AvgIpc) is 2.39. The summed E-state index contributed by atoms with van der Waals surface area (Å²) in [5, 5.41) is 9.55. The summed E-state index contributed by atoms with van der Waals surface area (Å²) < 4.78 is 0. The normalized spacial score (nSPS) is 22.1. The van der Waals surface area contributed by atoms with Crippen molar-refractivity contribution in [3.8, 4) is 0 Å². The summed E-state index contributed by atoms with van der Waals surface area (Å²) >= 11 is 0. The van der Waals surface area contributed by atoms with Gasteiger partial charge in [-0.2, -0.15) is 0 Å². The summed E-state index contributed by atoms with van der Waals surface area (Å²) in [5.74, 6) is -0.149. The molecule has 1 saturated heterocycles. The molecule has 1 fully saturated rings. The fraction of sp³-hybridized carbons (Fsp3) is 0.562. The van der Waals surface area contributed by atoms with Crippen LogP contribution < -0.4 is 0 Å². The third-order valence-electron chi connectivity index (χ3n) is 3.99. The third kappa shape index (κ3) is 3.35. The van der Waals surface area contributed by atoms with E-state index in [-0.39, 0.29) is 0 Å². The molecule has 2 atom stereocenters. The van der Waals surface area contributed by atoms with Gasteiger partial charge in [0.1, 0.15) is 6.04 Å². The summed E-state index contributed by atoms with van der Waals surface area (Å²) in [6, 6.07) is 7.53. The van der Waals surface area contributed by atoms with Crippen LogP contribution >= 0.6 is 0 Å². The van der Waals surface area contributed by atoms with Gasteiger partial charge in [0, 0.05) is 6.54 Å². The Morgan fingerprint density at radius 3 is 2.63 bits per heavy atom. The molecule has 0 radical (unpaired) electrons. The first kappa shape index (κ1) is 14.1. The van der Waals surface area contributed by atoms with Crippen molar-refractivity contribution in [2.24, 2.45) is 5.92 Å². The lowest BCUT2D eigenvalue weighted by atomic mass is 9.95. The number of likely N-dealkylation sites (tertiary alicyclic amines) is 1. The van der Waals surface area contributed by atoms with Crippen LogP contribution in [-0.4, -0.2) is 29.1 Å². The van der Waals surface area contributed by atoms with Crippen LogP contribution in [0.15, 0.2) is 24.3 Å². The van der Waals surface area contributed by atoms with E-state index in [0.717, 1.165) is 31.5 Å². The summed E-state index contributed by atoms with van der Waals surface area (Å²) in [5.41, 5.74) is 2.15. The number of hydrogen-bond donors (Lipinski definition) is 1. The Bertz CT molecular complexity index is 427. The summed E-state index contributed by atoms with van der Waals surface area (Å²) in [7, 11) is 0. The van der Waals surface area contributed by atoms with E-state index >= 15 is 0 Å². The zero-order valence-electron chi connectivity index (χ0n) is 11.8. The highest BCUT2D eigenvalue weighted by Gasteiger charge is 2.30. The van der Waals surface area contributed by atoms with Crippen molar-refractivity contribution in [2.45, 2.75) is 39.2 Å². The number of carboxylic acid groups (broad SMARTS) is 1. The number of carbonyl (C=O) groups is 1. The van der Waals surface area contributed by atoms with Gasteiger partial charge in [0.15, 0.2) is 0 Å². The summed E-state index contributed by atoms with van der Waals surface area (Å²) in [6.07, 6.45) is 3.29. The molecule has 1 aliphatic heterocycles. The Labute approximate surface area is 115 Å². The van der Waals surface area contributed by atoms with Crippen LogP contribution in [-0.2, 0) is 11.2 Å². The lowest BCUT2D eigenvalue weighted by Gasteiger charge is -2.35. The standard InChI is InChI=1S/C16H23NO2/c1-3-13-6-8-14(9-7-13)15(16(18)19)17-10-4-5-12(2)11-17/h6-9,12,15H,3-5,10-11H2,1-2H3,(H,18,19). The summed E-state index contributed by atoms with van der Waals surface area (Å²) in [4.78, 5) is 13.7. The Morgan fingerprint density at radius 2 is 2.11 bits per heavy atom. The maximum atomic E-state index is 11.6. The molecule has 1 heterocycles. The third-order valence-corrected chi connectivity index (χ3v) is 3.99. The molecular formula is C16H23NO2. The largest absolute Gasteiger partial charge is 0.480 e. The minimum Gasteiger partial charge on any atom is -0.480 e. The Morgan fingerprint density at radius 1 is 1.42 bits per heavy atom. The lowest BCUT2D eigenvalue weighted by molar-refractivity contribution is -0.144. The number of benzene rings is 1. The van der Waals surface area contributed by atoms with Gasteiger partial charge in [0.25, 0.3) is 0 Å². The van der Waals surface area contributed by atoms with E-state index in [9.17, 15) is 9.90 Å². The van der Waals surface area contributed by atoms with E-state index in [2.05, 4.69) is 18.7 Å². The van der Waals surface area contributed by atoms with Crippen molar-refractivity contribution in [1.29, 1.82) is 0 Å². The Kier molecular flexibility index (Phi) is 4.59. The van der Waals surface area contributed by atoms with Crippen LogP contribution in [0.2, 0.25) is 0 Å². The Balaban J connectivity index is 2.21. The minimum atomic E-state index is -0.738. The molecule has 0 bridgehead atoms. The zero-order valence-corrected chi connectivity index (χ0v) is 11.8. The number of hydrogen-bond acceptors (Lipinski definition) is 2. The van der Waals surface area contributed by atoms with Gasteiger partial charge in [-0.3, -0.25) is 9.69 Å². The molecule has 0 aromatic heterocycles. The van der Waals surface area contributed by atoms with Crippen molar-refractivity contribution >= 4 is 5.97 Å². The number of aliphatic carboxylic acids is 1. The highest BCUT2D eigenvalue weighted by Crippen LogP contribution is 2.27. The van der Waals surface area contributed by atoms with E-state index in [1.165, 1.54) is 12.0 Å². The molecule has 1 aliphatic rings. The van der Waals surface area contributed by atoms with E-state index < -0.39 is 12.0 Å². The van der Waals surface area contributed by atoms with Crippen LogP contribution in [0.1, 0.15) is 43.9 Å². The molecule has 3 heteroatoms. The predicted molar refractivity (Wildman–Crippen MR) is 76.2 cm³/mol. The van der Waals surface area contributed by atoms with Gasteiger partial charge in [-0.05, 0) is 42.9 Å². The number of nitrogens with zero attached hydrogens (tertiary/aromatic N) is 1. The maximum absolute atomic E-state index is 11.6. The molecule has 0 saturated carbocycles. The molecular weight excluding hydrogens is 238 g/mol. The quantitative estimate of drug-likeness (QED) is 0.905. The molecule has 2 unspecified atom stereocenters. The molecule has 0 aliphatic carbocycles. The highest BCUT2D eigenvalue weighted by molar-refractivity contribution is 5.75. The second-order valence-electron chi connectivity index (χ2n) is 5.58. The zero-order chi connectivity index (χ0) is 13.8. The van der Waals surface area contributed by atoms with Gasteiger partial charge < -0.3 is 5.11 Å². The smallest absolute Gasteiger partial charge is 0.325 e. The van der Waals surface area contributed by atoms with Crippen LogP contribution in [0, 0.1) is 5.92 Å². The van der Waals surface area contributed by atoms with Gasteiger partial charge in [0.05, 0.1) is 0 Å².